The second kappa shape index (κ2) is 6.81. The van der Waals surface area contributed by atoms with Crippen LogP contribution >= 0.6 is 8.25 Å². The Morgan fingerprint density at radius 3 is 2.56 bits per heavy atom. The molecule has 4 nitrogen and oxygen atoms in total. The minimum Gasteiger partial charge on any atom is -0.325 e. The Morgan fingerprint density at radius 1 is 1.44 bits per heavy atom. The minimum atomic E-state index is -2.89. The second-order valence-corrected chi connectivity index (χ2v) is 4.48. The Morgan fingerprint density at radius 2 is 2.06 bits per heavy atom. The molecular weight excluding hydrogens is 225 g/mol. The molecule has 0 aliphatic heterocycles. The summed E-state index contributed by atoms with van der Waals surface area (Å²) in [4.78, 5) is 8.44. The minimum absolute atomic E-state index is 0.428. The Labute approximate surface area is 96.5 Å². The molecule has 0 fully saturated rings. The van der Waals surface area contributed by atoms with Gasteiger partial charge in [0.1, 0.15) is 0 Å². The number of nitrogens with one attached hydrogen (secondary N) is 1. The van der Waals surface area contributed by atoms with Gasteiger partial charge in [0.2, 0.25) is 0 Å². The Balaban J connectivity index is 2.48. The molecule has 2 unspecified atom stereocenters. The third-order valence-electron chi connectivity index (χ3n) is 2.60. The van der Waals surface area contributed by atoms with Crippen molar-refractivity contribution < 1.29 is 14.1 Å². The highest BCUT2D eigenvalue weighted by molar-refractivity contribution is 7.32. The van der Waals surface area contributed by atoms with E-state index in [1.807, 2.05) is 12.1 Å². The lowest BCUT2D eigenvalue weighted by molar-refractivity contribution is 0.177. The summed E-state index contributed by atoms with van der Waals surface area (Å²) in [6.45, 7) is 4.78. The van der Waals surface area contributed by atoms with Crippen LogP contribution < -0.4 is 5.48 Å². The normalized spacial score (nSPS) is 14.7. The average Bonchev–Trinajstić information content (AvgIpc) is 2.28. The van der Waals surface area contributed by atoms with E-state index in [2.05, 4.69) is 36.1 Å². The van der Waals surface area contributed by atoms with Gasteiger partial charge in [-0.15, -0.1) is 0 Å². The molecule has 0 saturated carbocycles. The number of hydrogen-bond donors (Lipinski definition) is 2. The lowest BCUT2D eigenvalue weighted by Gasteiger charge is -2.09. The maximum absolute atomic E-state index is 10.3. The van der Waals surface area contributed by atoms with Crippen LogP contribution in [-0.2, 0) is 15.7 Å². The van der Waals surface area contributed by atoms with Gasteiger partial charge in [-0.05, 0) is 23.5 Å². The molecule has 1 aromatic rings. The molecule has 0 spiro atoms. The van der Waals surface area contributed by atoms with E-state index in [4.69, 9.17) is 4.89 Å². The van der Waals surface area contributed by atoms with Crippen LogP contribution in [0.25, 0.3) is 0 Å². The number of hydrogen-bond acceptors (Lipinski definition) is 3. The molecule has 2 N–H and O–H groups in total. The third-order valence-corrected chi connectivity index (χ3v) is 2.92. The first-order valence-corrected chi connectivity index (χ1v) is 6.61. The van der Waals surface area contributed by atoms with Gasteiger partial charge in [-0.1, -0.05) is 38.1 Å². The summed E-state index contributed by atoms with van der Waals surface area (Å²) in [6, 6.07) is 8.14. The first-order valence-electron chi connectivity index (χ1n) is 5.35. The highest BCUT2D eigenvalue weighted by atomic mass is 31.1. The highest BCUT2D eigenvalue weighted by Gasteiger charge is 2.02. The second-order valence-electron chi connectivity index (χ2n) is 3.74. The maximum Gasteiger partial charge on any atom is 0.332 e. The van der Waals surface area contributed by atoms with Crippen molar-refractivity contribution in [1.82, 2.24) is 5.48 Å². The summed E-state index contributed by atoms with van der Waals surface area (Å²) in [5, 5.41) is 0. The van der Waals surface area contributed by atoms with E-state index in [1.54, 1.807) is 0 Å². The van der Waals surface area contributed by atoms with Gasteiger partial charge in [0, 0.05) is 6.54 Å². The third kappa shape index (κ3) is 4.45. The predicted octanol–water partition coefficient (Wildman–Crippen LogP) is 2.60. The molecular formula is C11H18NO3P. The van der Waals surface area contributed by atoms with Crippen molar-refractivity contribution in [3.05, 3.63) is 35.4 Å². The van der Waals surface area contributed by atoms with Crippen LogP contribution in [0.5, 0.6) is 0 Å². The molecule has 0 amide bonds. The van der Waals surface area contributed by atoms with Crippen molar-refractivity contribution in [1.29, 1.82) is 0 Å². The van der Waals surface area contributed by atoms with Gasteiger partial charge in [-0.2, -0.15) is 5.48 Å². The van der Waals surface area contributed by atoms with Gasteiger partial charge in [0.25, 0.3) is 0 Å². The lowest BCUT2D eigenvalue weighted by atomic mass is 9.98. The number of rotatable bonds is 6. The zero-order valence-electron chi connectivity index (χ0n) is 9.56. The number of benzene rings is 1. The van der Waals surface area contributed by atoms with Crippen molar-refractivity contribution in [2.24, 2.45) is 0 Å². The molecule has 90 valence electrons. The Kier molecular flexibility index (Phi) is 5.71. The van der Waals surface area contributed by atoms with E-state index >= 15 is 0 Å². The van der Waals surface area contributed by atoms with Crippen LogP contribution in [0.4, 0.5) is 0 Å². The van der Waals surface area contributed by atoms with E-state index in [9.17, 15) is 4.57 Å². The summed E-state index contributed by atoms with van der Waals surface area (Å²) in [5.74, 6) is 0.562. The molecule has 0 bridgehead atoms. The first kappa shape index (κ1) is 13.4. The fourth-order valence-electron chi connectivity index (χ4n) is 1.38. The smallest absolute Gasteiger partial charge is 0.325 e. The van der Waals surface area contributed by atoms with Crippen LogP contribution in [0.15, 0.2) is 24.3 Å². The van der Waals surface area contributed by atoms with Crippen LogP contribution in [-0.4, -0.2) is 4.89 Å². The summed E-state index contributed by atoms with van der Waals surface area (Å²) >= 11 is 0. The van der Waals surface area contributed by atoms with E-state index in [1.165, 1.54) is 5.56 Å². The summed E-state index contributed by atoms with van der Waals surface area (Å²) in [7, 11) is -2.89. The molecule has 1 rings (SSSR count). The number of hydroxylamine groups is 1. The van der Waals surface area contributed by atoms with Gasteiger partial charge in [0.05, 0.1) is 0 Å². The topological polar surface area (TPSA) is 58.6 Å². The van der Waals surface area contributed by atoms with E-state index in [0.29, 0.717) is 12.5 Å². The largest absolute Gasteiger partial charge is 0.332 e. The molecule has 16 heavy (non-hydrogen) atoms. The molecule has 5 heteroatoms. The molecule has 0 aliphatic rings. The summed E-state index contributed by atoms with van der Waals surface area (Å²) in [5.41, 5.74) is 4.78. The van der Waals surface area contributed by atoms with E-state index in [0.717, 1.165) is 12.0 Å². The van der Waals surface area contributed by atoms with Crippen LogP contribution in [0.2, 0.25) is 0 Å². The van der Waals surface area contributed by atoms with Crippen LogP contribution in [0.3, 0.4) is 0 Å². The van der Waals surface area contributed by atoms with E-state index in [-0.39, 0.29) is 0 Å². The molecule has 0 aromatic heterocycles. The van der Waals surface area contributed by atoms with Gasteiger partial charge < -0.3 is 4.89 Å². The highest BCUT2D eigenvalue weighted by Crippen LogP contribution is 2.19. The lowest BCUT2D eigenvalue weighted by Crippen LogP contribution is -2.09. The van der Waals surface area contributed by atoms with Gasteiger partial charge in [-0.3, -0.25) is 4.57 Å². The van der Waals surface area contributed by atoms with Gasteiger partial charge >= 0.3 is 8.25 Å². The molecule has 1 aromatic carbocycles. The molecule has 0 heterocycles. The van der Waals surface area contributed by atoms with Crippen LogP contribution in [0, 0.1) is 0 Å². The van der Waals surface area contributed by atoms with Crippen LogP contribution in [0.1, 0.15) is 37.3 Å². The van der Waals surface area contributed by atoms with Crippen molar-refractivity contribution >= 4 is 8.25 Å². The van der Waals surface area contributed by atoms with Crippen molar-refractivity contribution in [2.45, 2.75) is 32.7 Å². The van der Waals surface area contributed by atoms with Crippen molar-refractivity contribution in [2.75, 3.05) is 0 Å². The zero-order valence-corrected chi connectivity index (χ0v) is 10.6. The fourth-order valence-corrected chi connectivity index (χ4v) is 1.58. The SMILES string of the molecule is CCC(C)c1ccc(CNO[PH](=O)O)cc1. The predicted molar refractivity (Wildman–Crippen MR) is 64.3 cm³/mol. The monoisotopic (exact) mass is 243 g/mol. The fraction of sp³-hybridized carbons (Fsp3) is 0.455. The Hall–Kier alpha value is -0.670. The van der Waals surface area contributed by atoms with Gasteiger partial charge in [-0.25, -0.2) is 4.62 Å². The molecule has 0 aliphatic carbocycles. The quantitative estimate of drug-likeness (QED) is 0.595. The summed E-state index contributed by atoms with van der Waals surface area (Å²) in [6.07, 6.45) is 1.12. The van der Waals surface area contributed by atoms with Crippen molar-refractivity contribution in [3.63, 3.8) is 0 Å². The Bertz CT molecular complexity index is 340. The molecule has 0 radical (unpaired) electrons. The zero-order chi connectivity index (χ0) is 12.0. The van der Waals surface area contributed by atoms with Crippen molar-refractivity contribution in [3.8, 4) is 0 Å². The maximum atomic E-state index is 10.3. The van der Waals surface area contributed by atoms with E-state index < -0.39 is 8.25 Å². The standard InChI is InChI=1S/C11H18NO3P/c1-3-9(2)11-6-4-10(5-7-11)8-12-15-16(13)14/h4-7,9,12,16H,3,8H2,1-2H3,(H,13,14). The summed E-state index contributed by atoms with van der Waals surface area (Å²) < 4.78 is 14.7. The molecule has 2 atom stereocenters. The average molecular weight is 243 g/mol. The van der Waals surface area contributed by atoms with Gasteiger partial charge in [0.15, 0.2) is 0 Å². The first-order chi connectivity index (χ1) is 7.63. The molecule has 0 saturated heterocycles.